The fourth-order valence-corrected chi connectivity index (χ4v) is 1.54. The van der Waals surface area contributed by atoms with Crippen molar-refractivity contribution >= 4 is 10.8 Å². The molecule has 0 aliphatic rings. The van der Waals surface area contributed by atoms with E-state index in [0.29, 0.717) is 0 Å². The van der Waals surface area contributed by atoms with Gasteiger partial charge in [-0.1, -0.05) is 43.0 Å². The summed E-state index contributed by atoms with van der Waals surface area (Å²) in [6, 6.07) is 8.17. The molecule has 0 amide bonds. The van der Waals surface area contributed by atoms with Gasteiger partial charge in [0.25, 0.3) is 0 Å². The van der Waals surface area contributed by atoms with Crippen molar-refractivity contribution in [1.29, 1.82) is 0 Å². The number of pyridine rings is 1. The number of hydrogen-bond acceptors (Lipinski definition) is 2. The number of rotatable bonds is 2. The van der Waals surface area contributed by atoms with Gasteiger partial charge in [-0.05, 0) is 6.54 Å². The van der Waals surface area contributed by atoms with Crippen molar-refractivity contribution in [2.75, 3.05) is 13.1 Å². The quantitative estimate of drug-likeness (QED) is 0.607. The maximum absolute atomic E-state index is 4.19. The maximum atomic E-state index is 4.19. The third-order valence-electron chi connectivity index (χ3n) is 2.35. The van der Waals surface area contributed by atoms with Crippen LogP contribution in [0, 0.1) is 11.8 Å². The molecule has 0 unspecified atom stereocenters. The Kier molecular flexibility index (Phi) is 3.53. The van der Waals surface area contributed by atoms with Crippen LogP contribution in [0.3, 0.4) is 0 Å². The van der Waals surface area contributed by atoms with E-state index in [4.69, 9.17) is 0 Å². The van der Waals surface area contributed by atoms with Gasteiger partial charge in [0, 0.05) is 23.2 Å². The predicted octanol–water partition coefficient (Wildman–Crippen LogP) is 2.20. The molecule has 2 aromatic rings. The summed E-state index contributed by atoms with van der Waals surface area (Å²) in [5.41, 5.74) is 0.996. The Morgan fingerprint density at radius 1 is 1.25 bits per heavy atom. The number of benzene rings is 1. The highest BCUT2D eigenvalue weighted by Gasteiger charge is 1.96. The standard InChI is InChI=1S/C14H14N2/c1-2-15-9-5-7-13-11-16-10-12-6-3-4-8-14(12)13/h3-4,6,8,10-11,15H,2,9H2,1H3. The summed E-state index contributed by atoms with van der Waals surface area (Å²) in [6.07, 6.45) is 3.69. The van der Waals surface area contributed by atoms with Crippen molar-refractivity contribution < 1.29 is 0 Å². The van der Waals surface area contributed by atoms with Crippen LogP contribution >= 0.6 is 0 Å². The maximum Gasteiger partial charge on any atom is 0.0580 e. The molecule has 2 nitrogen and oxygen atoms in total. The van der Waals surface area contributed by atoms with E-state index in [1.807, 2.05) is 24.5 Å². The Morgan fingerprint density at radius 3 is 3.00 bits per heavy atom. The summed E-state index contributed by atoms with van der Waals surface area (Å²) < 4.78 is 0. The number of aromatic nitrogens is 1. The number of nitrogens with one attached hydrogen (secondary N) is 1. The van der Waals surface area contributed by atoms with Gasteiger partial charge in [0.15, 0.2) is 0 Å². The smallest absolute Gasteiger partial charge is 0.0580 e. The zero-order valence-electron chi connectivity index (χ0n) is 9.33. The molecule has 1 aromatic heterocycles. The first-order valence-electron chi connectivity index (χ1n) is 5.44. The Bertz CT molecular complexity index is 530. The van der Waals surface area contributed by atoms with Gasteiger partial charge in [-0.3, -0.25) is 4.98 Å². The van der Waals surface area contributed by atoms with Crippen molar-refractivity contribution in [2.24, 2.45) is 0 Å². The summed E-state index contributed by atoms with van der Waals surface area (Å²) in [5.74, 6) is 6.24. The van der Waals surface area contributed by atoms with Gasteiger partial charge in [-0.2, -0.15) is 0 Å². The number of nitrogens with zero attached hydrogens (tertiary/aromatic N) is 1. The van der Waals surface area contributed by atoms with Crippen LogP contribution in [0.4, 0.5) is 0 Å². The first kappa shape index (κ1) is 10.7. The summed E-state index contributed by atoms with van der Waals surface area (Å²) in [7, 11) is 0. The minimum atomic E-state index is 0.722. The molecule has 0 bridgehead atoms. The molecule has 0 aliphatic carbocycles. The summed E-state index contributed by atoms with van der Waals surface area (Å²) in [4.78, 5) is 4.19. The molecule has 0 spiro atoms. The highest BCUT2D eigenvalue weighted by Crippen LogP contribution is 2.15. The van der Waals surface area contributed by atoms with Gasteiger partial charge in [-0.15, -0.1) is 0 Å². The van der Waals surface area contributed by atoms with E-state index in [0.717, 1.165) is 24.0 Å². The lowest BCUT2D eigenvalue weighted by molar-refractivity contribution is 0.811. The van der Waals surface area contributed by atoms with Crippen LogP contribution in [0.5, 0.6) is 0 Å². The van der Waals surface area contributed by atoms with Crippen LogP contribution in [-0.4, -0.2) is 18.1 Å². The van der Waals surface area contributed by atoms with Crippen LogP contribution in [0.2, 0.25) is 0 Å². The molecule has 2 heteroatoms. The minimum Gasteiger partial charge on any atom is -0.306 e. The lowest BCUT2D eigenvalue weighted by atomic mass is 10.1. The van der Waals surface area contributed by atoms with E-state index < -0.39 is 0 Å². The molecular weight excluding hydrogens is 196 g/mol. The van der Waals surface area contributed by atoms with Crippen molar-refractivity contribution in [2.45, 2.75) is 6.92 Å². The zero-order valence-corrected chi connectivity index (χ0v) is 9.33. The van der Waals surface area contributed by atoms with E-state index in [1.54, 1.807) is 0 Å². The molecule has 0 saturated heterocycles. The fraction of sp³-hybridized carbons (Fsp3) is 0.214. The predicted molar refractivity (Wildman–Crippen MR) is 67.2 cm³/mol. The van der Waals surface area contributed by atoms with E-state index >= 15 is 0 Å². The third kappa shape index (κ3) is 2.39. The Balaban J connectivity index is 2.32. The van der Waals surface area contributed by atoms with E-state index in [2.05, 4.69) is 41.2 Å². The Hall–Kier alpha value is -1.85. The zero-order chi connectivity index (χ0) is 11.2. The van der Waals surface area contributed by atoms with Crippen LogP contribution in [0.15, 0.2) is 36.7 Å². The summed E-state index contributed by atoms with van der Waals surface area (Å²) in [6.45, 7) is 3.74. The highest BCUT2D eigenvalue weighted by atomic mass is 14.8. The molecule has 1 aromatic carbocycles. The lowest BCUT2D eigenvalue weighted by Gasteiger charge is -1.98. The van der Waals surface area contributed by atoms with Crippen LogP contribution < -0.4 is 5.32 Å². The molecule has 1 N–H and O–H groups in total. The second-order valence-corrected chi connectivity index (χ2v) is 3.49. The monoisotopic (exact) mass is 210 g/mol. The average Bonchev–Trinajstić information content (AvgIpc) is 2.35. The number of fused-ring (bicyclic) bond motifs is 1. The van der Waals surface area contributed by atoms with Crippen LogP contribution in [-0.2, 0) is 0 Å². The highest BCUT2D eigenvalue weighted by molar-refractivity contribution is 5.87. The van der Waals surface area contributed by atoms with E-state index in [-0.39, 0.29) is 0 Å². The van der Waals surface area contributed by atoms with Gasteiger partial charge < -0.3 is 5.32 Å². The third-order valence-corrected chi connectivity index (χ3v) is 2.35. The average molecular weight is 210 g/mol. The molecule has 0 aliphatic heterocycles. The molecule has 0 atom stereocenters. The van der Waals surface area contributed by atoms with Crippen molar-refractivity contribution in [3.8, 4) is 11.8 Å². The van der Waals surface area contributed by atoms with Crippen LogP contribution in [0.25, 0.3) is 10.8 Å². The normalized spacial score (nSPS) is 9.81. The molecule has 0 saturated carbocycles. The lowest BCUT2D eigenvalue weighted by Crippen LogP contribution is -2.11. The van der Waals surface area contributed by atoms with Gasteiger partial charge >= 0.3 is 0 Å². The molecule has 16 heavy (non-hydrogen) atoms. The number of hydrogen-bond donors (Lipinski definition) is 1. The molecular formula is C14H14N2. The van der Waals surface area contributed by atoms with Gasteiger partial charge in [-0.25, -0.2) is 0 Å². The first-order chi connectivity index (χ1) is 7.92. The Morgan fingerprint density at radius 2 is 2.12 bits per heavy atom. The second-order valence-electron chi connectivity index (χ2n) is 3.49. The van der Waals surface area contributed by atoms with E-state index in [1.165, 1.54) is 5.39 Å². The SMILES string of the molecule is CCNCC#Cc1cncc2ccccc12. The molecule has 0 fully saturated rings. The summed E-state index contributed by atoms with van der Waals surface area (Å²) in [5, 5.41) is 5.48. The van der Waals surface area contributed by atoms with Gasteiger partial charge in [0.1, 0.15) is 0 Å². The summed E-state index contributed by atoms with van der Waals surface area (Å²) >= 11 is 0. The molecule has 2 rings (SSSR count). The van der Waals surface area contributed by atoms with Crippen LogP contribution in [0.1, 0.15) is 12.5 Å². The molecule has 1 heterocycles. The van der Waals surface area contributed by atoms with E-state index in [9.17, 15) is 0 Å². The minimum absolute atomic E-state index is 0.722. The fourth-order valence-electron chi connectivity index (χ4n) is 1.54. The first-order valence-corrected chi connectivity index (χ1v) is 5.44. The van der Waals surface area contributed by atoms with Crippen molar-refractivity contribution in [1.82, 2.24) is 10.3 Å². The van der Waals surface area contributed by atoms with Crippen molar-refractivity contribution in [3.05, 3.63) is 42.2 Å². The van der Waals surface area contributed by atoms with Gasteiger partial charge in [0.05, 0.1) is 12.1 Å². The van der Waals surface area contributed by atoms with Crippen molar-refractivity contribution in [3.63, 3.8) is 0 Å². The van der Waals surface area contributed by atoms with Gasteiger partial charge in [0.2, 0.25) is 0 Å². The topological polar surface area (TPSA) is 24.9 Å². The molecule has 0 radical (unpaired) electrons. The second kappa shape index (κ2) is 5.29. The molecule has 80 valence electrons. The largest absolute Gasteiger partial charge is 0.306 e. The Labute approximate surface area is 95.7 Å².